The Bertz CT molecular complexity index is 2480. The summed E-state index contributed by atoms with van der Waals surface area (Å²) in [5.41, 5.74) is 0. The Morgan fingerprint density at radius 2 is 0.505 bits per heavy atom. The smallest absolute Gasteiger partial charge is 0.463 e. The molecule has 0 fully saturated rings. The molecule has 0 aromatic heterocycles. The van der Waals surface area contributed by atoms with Gasteiger partial charge in [-0.15, -0.1) is 0 Å². The maximum Gasteiger partial charge on any atom is 0.472 e. The van der Waals surface area contributed by atoms with Gasteiger partial charge in [0.15, 0.2) is 6.10 Å². The van der Waals surface area contributed by atoms with Gasteiger partial charge < -0.3 is 34.2 Å². The summed E-state index contributed by atoms with van der Waals surface area (Å²) in [5.74, 6) is -1.63. The molecule has 562 valence electrons. The van der Waals surface area contributed by atoms with E-state index in [-0.39, 0.29) is 19.3 Å². The molecule has 0 aromatic rings. The Morgan fingerprint density at radius 3 is 0.798 bits per heavy atom. The van der Waals surface area contributed by atoms with Crippen LogP contribution in [0.25, 0.3) is 0 Å². The molecule has 0 spiro atoms. The van der Waals surface area contributed by atoms with Crippen molar-refractivity contribution < 1.29 is 75.8 Å². The Hall–Kier alpha value is -5.09. The zero-order valence-corrected chi connectivity index (χ0v) is 62.9. The third-order valence-corrected chi connectivity index (χ3v) is 16.8. The van der Waals surface area contributed by atoms with Crippen LogP contribution >= 0.6 is 15.6 Å². The molecular weight excluding hydrogens is 1290 g/mol. The minimum atomic E-state index is -4.95. The van der Waals surface area contributed by atoms with Gasteiger partial charge >= 0.3 is 33.6 Å². The van der Waals surface area contributed by atoms with E-state index >= 15 is 0 Å². The fourth-order valence-corrected chi connectivity index (χ4v) is 10.9. The number of hydrogen-bond acceptors (Lipinski definition) is 14. The molecular formula is C81H132O16P2. The Kier molecular flexibility index (Phi) is 69.0. The molecule has 4 N–H and O–H groups in total. The maximum absolute atomic E-state index is 13.0. The average molecular weight is 1420 g/mol. The number of allylic oxidation sites excluding steroid dienone is 28. The fourth-order valence-electron chi connectivity index (χ4n) is 9.32. The van der Waals surface area contributed by atoms with Gasteiger partial charge in [-0.1, -0.05) is 268 Å². The van der Waals surface area contributed by atoms with Gasteiger partial charge in [0.2, 0.25) is 0 Å². The molecule has 0 radical (unpaired) electrons. The summed E-state index contributed by atoms with van der Waals surface area (Å²) in [6, 6.07) is 0. The highest BCUT2D eigenvalue weighted by molar-refractivity contribution is 7.47. The van der Waals surface area contributed by atoms with E-state index in [2.05, 4.69) is 191 Å². The van der Waals surface area contributed by atoms with Gasteiger partial charge in [0.05, 0.1) is 26.4 Å². The second-order valence-electron chi connectivity index (χ2n) is 24.3. The number of phosphoric acid groups is 2. The van der Waals surface area contributed by atoms with Gasteiger partial charge in [0, 0.05) is 19.3 Å². The molecule has 0 aromatic carbocycles. The van der Waals surface area contributed by atoms with Crippen molar-refractivity contribution in [3.8, 4) is 0 Å². The van der Waals surface area contributed by atoms with Crippen LogP contribution in [-0.2, 0) is 55.8 Å². The van der Waals surface area contributed by atoms with Crippen molar-refractivity contribution in [1.29, 1.82) is 0 Å². The normalized spacial score (nSPS) is 15.0. The van der Waals surface area contributed by atoms with Crippen LogP contribution in [-0.4, -0.2) is 95.9 Å². The number of hydrogen-bond donors (Lipinski definition) is 4. The van der Waals surface area contributed by atoms with Gasteiger partial charge in [-0.2, -0.15) is 0 Å². The number of carbonyl (C=O) groups is 3. The summed E-state index contributed by atoms with van der Waals surface area (Å²) in [5, 5.41) is 20.6. The van der Waals surface area contributed by atoms with Crippen LogP contribution in [0.4, 0.5) is 0 Å². The van der Waals surface area contributed by atoms with Crippen LogP contribution in [0, 0.1) is 0 Å². The van der Waals surface area contributed by atoms with Crippen molar-refractivity contribution in [2.24, 2.45) is 0 Å². The molecule has 0 aliphatic heterocycles. The van der Waals surface area contributed by atoms with E-state index in [0.717, 1.165) is 205 Å². The molecule has 0 aliphatic rings. The molecule has 0 heterocycles. The lowest BCUT2D eigenvalue weighted by atomic mass is 10.1. The predicted molar refractivity (Wildman–Crippen MR) is 408 cm³/mol. The summed E-state index contributed by atoms with van der Waals surface area (Å²) in [4.78, 5) is 58.6. The molecule has 0 rings (SSSR count). The Labute approximate surface area is 599 Å². The first-order valence-corrected chi connectivity index (χ1v) is 40.4. The van der Waals surface area contributed by atoms with Crippen LogP contribution < -0.4 is 0 Å². The van der Waals surface area contributed by atoms with Crippen LogP contribution in [0.5, 0.6) is 0 Å². The van der Waals surface area contributed by atoms with Crippen molar-refractivity contribution in [2.45, 2.75) is 283 Å². The molecule has 99 heavy (non-hydrogen) atoms. The van der Waals surface area contributed by atoms with Gasteiger partial charge in [0.25, 0.3) is 0 Å². The largest absolute Gasteiger partial charge is 0.472 e. The van der Waals surface area contributed by atoms with E-state index in [1.165, 1.54) is 0 Å². The summed E-state index contributed by atoms with van der Waals surface area (Å²) >= 11 is 0. The van der Waals surface area contributed by atoms with Crippen LogP contribution in [0.15, 0.2) is 170 Å². The van der Waals surface area contributed by atoms with E-state index in [9.17, 15) is 43.5 Å². The summed E-state index contributed by atoms with van der Waals surface area (Å²) < 4.78 is 61.1. The number of ether oxygens (including phenoxy) is 3. The highest BCUT2D eigenvalue weighted by Gasteiger charge is 2.29. The van der Waals surface area contributed by atoms with Crippen LogP contribution in [0.2, 0.25) is 0 Å². The average Bonchev–Trinajstić information content (AvgIpc) is 2.30. The summed E-state index contributed by atoms with van der Waals surface area (Å²) in [7, 11) is -9.82. The van der Waals surface area contributed by atoms with Gasteiger partial charge in [0.1, 0.15) is 25.4 Å². The SMILES string of the molecule is CC/C=C\C/C=C\C/C=C\C/C=C\C/C=C\CCCCCCCCCC(=O)OCC(O)COP(=O)(O)OCC(O)COP(=O)(O)OCC(COC(=O)CCCCCCC/C=C\C/C=C\C/C=C\C/C=C\C/C=C\CC)OC(=O)CCCCCCCC/C=C\C/C=C\C/C=C\C/C=C\CC. The zero-order chi connectivity index (χ0) is 72.3. The molecule has 5 unspecified atom stereocenters. The third kappa shape index (κ3) is 73.9. The highest BCUT2D eigenvalue weighted by atomic mass is 31.2. The third-order valence-electron chi connectivity index (χ3n) is 14.9. The van der Waals surface area contributed by atoms with Gasteiger partial charge in [-0.25, -0.2) is 9.13 Å². The minimum absolute atomic E-state index is 0.0767. The second kappa shape index (κ2) is 72.7. The first-order chi connectivity index (χ1) is 48.2. The number of esters is 3. The Balaban J connectivity index is 4.74. The quantitative estimate of drug-likeness (QED) is 0.0146. The standard InChI is InChI=1S/C81H132O16P2/c1-4-7-10-13-16-19-22-25-28-31-34-36-37-39-42-43-46-49-52-55-58-61-64-67-79(84)91-70-76(82)71-93-98(87,88)94-72-77(83)73-95-99(89,90)96-75-78(97-81(86)69-66-63-60-57-54-51-48-45-40-33-30-27-24-21-18-15-12-9-6-3)74-92-80(85)68-65-62-59-56-53-50-47-44-41-38-35-32-29-26-23-20-17-14-11-8-5-2/h7-12,16-21,25-30,34-36,38-40,42,44-45,47,76-78,82-83H,4-6,13-15,22-24,31-33,37,41,43,46,48-75H2,1-3H3,(H,87,88)(H,89,90)/b10-7-,11-8-,12-9-,19-16-,20-17-,21-18-,28-25-,29-26-,30-27-,36-34-,38-35-,42-39-,45-40-,47-44-. The fraction of sp³-hybridized carbons (Fsp3) is 0.617. The van der Waals surface area contributed by atoms with E-state index in [1.807, 2.05) is 0 Å². The van der Waals surface area contributed by atoms with Crippen molar-refractivity contribution in [2.75, 3.05) is 39.6 Å². The number of phosphoric ester groups is 2. The van der Waals surface area contributed by atoms with Crippen LogP contribution in [0.1, 0.15) is 265 Å². The van der Waals surface area contributed by atoms with E-state index in [4.69, 9.17) is 32.3 Å². The predicted octanol–water partition coefficient (Wildman–Crippen LogP) is 21.6. The zero-order valence-electron chi connectivity index (χ0n) is 61.1. The number of aliphatic hydroxyl groups excluding tert-OH is 2. The maximum atomic E-state index is 13.0. The molecule has 18 heteroatoms. The van der Waals surface area contributed by atoms with Crippen molar-refractivity contribution in [1.82, 2.24) is 0 Å². The monoisotopic (exact) mass is 1420 g/mol. The van der Waals surface area contributed by atoms with E-state index < -0.39 is 91.5 Å². The topological polar surface area (TPSA) is 231 Å². The first kappa shape index (κ1) is 93.9. The number of unbranched alkanes of at least 4 members (excludes halogenated alkanes) is 18. The summed E-state index contributed by atoms with van der Waals surface area (Å²) in [6.45, 7) is 2.27. The first-order valence-electron chi connectivity index (χ1n) is 37.4. The van der Waals surface area contributed by atoms with Crippen molar-refractivity contribution in [3.05, 3.63) is 170 Å². The number of rotatable bonds is 69. The molecule has 5 atom stereocenters. The van der Waals surface area contributed by atoms with Crippen molar-refractivity contribution in [3.63, 3.8) is 0 Å². The van der Waals surface area contributed by atoms with E-state index in [1.54, 1.807) is 0 Å². The molecule has 0 saturated heterocycles. The molecule has 16 nitrogen and oxygen atoms in total. The van der Waals surface area contributed by atoms with E-state index in [0.29, 0.717) is 19.3 Å². The minimum Gasteiger partial charge on any atom is -0.463 e. The van der Waals surface area contributed by atoms with Crippen LogP contribution in [0.3, 0.4) is 0 Å². The van der Waals surface area contributed by atoms with Gasteiger partial charge in [-0.3, -0.25) is 32.5 Å². The lowest BCUT2D eigenvalue weighted by molar-refractivity contribution is -0.161. The summed E-state index contributed by atoms with van der Waals surface area (Å²) in [6.07, 6.45) is 91.0. The van der Waals surface area contributed by atoms with Crippen molar-refractivity contribution >= 4 is 33.6 Å². The highest BCUT2D eigenvalue weighted by Crippen LogP contribution is 2.45. The second-order valence-corrected chi connectivity index (χ2v) is 27.2. The lowest BCUT2D eigenvalue weighted by Gasteiger charge is -2.21. The Morgan fingerprint density at radius 1 is 0.283 bits per heavy atom. The molecule has 0 amide bonds. The molecule has 0 bridgehead atoms. The molecule has 0 aliphatic carbocycles. The number of aliphatic hydroxyl groups is 2. The lowest BCUT2D eigenvalue weighted by Crippen LogP contribution is -2.30. The number of carbonyl (C=O) groups excluding carboxylic acids is 3. The molecule has 0 saturated carbocycles. The van der Waals surface area contributed by atoms with Gasteiger partial charge in [-0.05, 0) is 148 Å².